The molecule has 9 heteroatoms. The molecule has 0 saturated heterocycles. The minimum atomic E-state index is -4.55. The summed E-state index contributed by atoms with van der Waals surface area (Å²) >= 11 is 0. The first kappa shape index (κ1) is 50.5. The number of phosphoric ester groups is 1. The highest BCUT2D eigenvalue weighted by atomic mass is 31.2. The number of rotatable bonds is 37. The van der Waals surface area contributed by atoms with Gasteiger partial charge in [-0.25, -0.2) is 0 Å². The van der Waals surface area contributed by atoms with E-state index in [-0.39, 0.29) is 19.1 Å². The van der Waals surface area contributed by atoms with Gasteiger partial charge in [-0.3, -0.25) is 9.36 Å². The molecule has 8 nitrogen and oxygen atoms in total. The fraction of sp³-hybridized carbons (Fsp3) is 0.791. The van der Waals surface area contributed by atoms with Gasteiger partial charge in [-0.1, -0.05) is 159 Å². The molecule has 0 fully saturated rings. The van der Waals surface area contributed by atoms with Crippen LogP contribution in [-0.4, -0.2) is 68.5 Å². The number of amides is 1. The van der Waals surface area contributed by atoms with Crippen molar-refractivity contribution in [3.05, 3.63) is 48.6 Å². The van der Waals surface area contributed by atoms with E-state index in [1.165, 1.54) is 77.0 Å². The van der Waals surface area contributed by atoms with Crippen LogP contribution in [0, 0.1) is 0 Å². The first-order chi connectivity index (χ1) is 25.0. The summed E-state index contributed by atoms with van der Waals surface area (Å²) in [5, 5.41) is 13.8. The first-order valence-corrected chi connectivity index (χ1v) is 22.4. The first-order valence-electron chi connectivity index (χ1n) is 21.0. The van der Waals surface area contributed by atoms with Gasteiger partial charge in [-0.2, -0.15) is 0 Å². The zero-order valence-corrected chi connectivity index (χ0v) is 35.1. The van der Waals surface area contributed by atoms with Gasteiger partial charge in [0, 0.05) is 6.42 Å². The highest BCUT2D eigenvalue weighted by Gasteiger charge is 2.24. The molecule has 0 rings (SSSR count). The van der Waals surface area contributed by atoms with Crippen molar-refractivity contribution >= 4 is 13.7 Å². The third-order valence-electron chi connectivity index (χ3n) is 9.08. The van der Waals surface area contributed by atoms with Crippen LogP contribution in [0.25, 0.3) is 0 Å². The maximum atomic E-state index is 12.8. The van der Waals surface area contributed by atoms with Crippen molar-refractivity contribution in [2.45, 2.75) is 180 Å². The van der Waals surface area contributed by atoms with E-state index in [1.807, 2.05) is 21.1 Å². The number of nitrogens with zero attached hydrogens (tertiary/aromatic N) is 1. The molecule has 0 bridgehead atoms. The summed E-state index contributed by atoms with van der Waals surface area (Å²) in [6.45, 7) is 4.53. The molecular weight excluding hydrogens is 671 g/mol. The average molecular weight is 753 g/mol. The van der Waals surface area contributed by atoms with Crippen LogP contribution < -0.4 is 10.2 Å². The predicted molar refractivity (Wildman–Crippen MR) is 219 cm³/mol. The Morgan fingerprint density at radius 3 is 1.71 bits per heavy atom. The van der Waals surface area contributed by atoms with Gasteiger partial charge in [0.2, 0.25) is 5.91 Å². The van der Waals surface area contributed by atoms with Gasteiger partial charge in [0.15, 0.2) is 0 Å². The molecule has 0 aliphatic rings. The molecule has 0 aliphatic heterocycles. The van der Waals surface area contributed by atoms with Gasteiger partial charge in [-0.05, 0) is 51.4 Å². The second-order valence-electron chi connectivity index (χ2n) is 15.3. The van der Waals surface area contributed by atoms with Crippen molar-refractivity contribution in [2.75, 3.05) is 40.9 Å². The Kier molecular flexibility index (Phi) is 34.1. The molecule has 0 radical (unpaired) electrons. The number of carbonyl (C=O) groups is 1. The van der Waals surface area contributed by atoms with E-state index in [9.17, 15) is 19.4 Å². The third-order valence-corrected chi connectivity index (χ3v) is 10.0. The highest BCUT2D eigenvalue weighted by molar-refractivity contribution is 7.45. The van der Waals surface area contributed by atoms with Crippen LogP contribution in [0.3, 0.4) is 0 Å². The van der Waals surface area contributed by atoms with E-state index in [0.717, 1.165) is 64.2 Å². The van der Waals surface area contributed by atoms with E-state index in [2.05, 4.69) is 67.8 Å². The lowest BCUT2D eigenvalue weighted by Gasteiger charge is -2.30. The molecule has 0 aliphatic carbocycles. The second-order valence-corrected chi connectivity index (χ2v) is 16.7. The summed E-state index contributed by atoms with van der Waals surface area (Å²) in [6.07, 6.45) is 42.8. The Morgan fingerprint density at radius 1 is 0.692 bits per heavy atom. The smallest absolute Gasteiger partial charge is 0.268 e. The molecule has 304 valence electrons. The van der Waals surface area contributed by atoms with Crippen LogP contribution in [0.1, 0.15) is 168 Å². The SMILES string of the molecule is CC/C=C\C/C=C\C/C=C\C/C=C\CCCCCCCCCCCCC(=O)NC(COP(=O)([O-])OCC[N+](C)(C)C)C(O)CCCCCCCCC. The number of aliphatic hydroxyl groups is 1. The number of carbonyl (C=O) groups excluding carboxylic acids is 1. The molecule has 0 aromatic rings. The summed E-state index contributed by atoms with van der Waals surface area (Å²) in [5.74, 6) is -0.177. The second kappa shape index (κ2) is 35.2. The maximum Gasteiger partial charge on any atom is 0.268 e. The summed E-state index contributed by atoms with van der Waals surface area (Å²) in [6, 6.07) is -0.800. The van der Waals surface area contributed by atoms with Gasteiger partial charge in [0.25, 0.3) is 7.82 Å². The fourth-order valence-corrected chi connectivity index (χ4v) is 6.46. The Bertz CT molecular complexity index is 991. The normalized spacial score (nSPS) is 15.0. The standard InChI is InChI=1S/C43H81N2O6P/c1-6-8-10-12-14-15-16-17-18-19-20-21-22-23-24-25-26-27-28-29-31-33-35-37-43(47)44-41(42(46)36-34-32-30-13-11-9-7-2)40-51-52(48,49)50-39-38-45(3,4)5/h8,10,14-15,17-18,20-21,41-42,46H,6-7,9,11-13,16,19,22-40H2,1-5H3,(H-,44,47,48,49)/b10-8-,15-14-,18-17-,21-20-. The fourth-order valence-electron chi connectivity index (χ4n) is 5.73. The Labute approximate surface area is 320 Å². The minimum Gasteiger partial charge on any atom is -0.756 e. The number of unbranched alkanes of at least 4 members (excludes halogenated alkanes) is 16. The lowest BCUT2D eigenvalue weighted by Crippen LogP contribution is -2.46. The molecule has 0 spiro atoms. The number of allylic oxidation sites excluding steroid dienone is 8. The van der Waals surface area contributed by atoms with Crippen LogP contribution >= 0.6 is 7.82 Å². The molecule has 0 aromatic carbocycles. The number of quaternary nitrogens is 1. The predicted octanol–water partition coefficient (Wildman–Crippen LogP) is 10.7. The van der Waals surface area contributed by atoms with Crippen LogP contribution in [-0.2, 0) is 18.4 Å². The van der Waals surface area contributed by atoms with Crippen molar-refractivity contribution in [3.63, 3.8) is 0 Å². The maximum absolute atomic E-state index is 12.8. The van der Waals surface area contributed by atoms with Gasteiger partial charge in [0.1, 0.15) is 13.2 Å². The summed E-state index contributed by atoms with van der Waals surface area (Å²) in [4.78, 5) is 25.2. The molecular formula is C43H81N2O6P. The van der Waals surface area contributed by atoms with E-state index in [4.69, 9.17) is 9.05 Å². The Hall–Kier alpha value is -1.54. The monoisotopic (exact) mass is 753 g/mol. The quantitative estimate of drug-likeness (QED) is 0.0283. The van der Waals surface area contributed by atoms with Crippen LogP contribution in [0.2, 0.25) is 0 Å². The van der Waals surface area contributed by atoms with Gasteiger partial charge in [-0.15, -0.1) is 0 Å². The molecule has 0 aromatic heterocycles. The molecule has 2 N–H and O–H groups in total. The van der Waals surface area contributed by atoms with Crippen LogP contribution in [0.15, 0.2) is 48.6 Å². The minimum absolute atomic E-state index is 0.00907. The summed E-state index contributed by atoms with van der Waals surface area (Å²) in [7, 11) is 1.29. The van der Waals surface area contributed by atoms with Gasteiger partial charge >= 0.3 is 0 Å². The zero-order chi connectivity index (χ0) is 38.6. The topological polar surface area (TPSA) is 108 Å². The van der Waals surface area contributed by atoms with Crippen molar-refractivity contribution in [3.8, 4) is 0 Å². The molecule has 3 atom stereocenters. The van der Waals surface area contributed by atoms with E-state index < -0.39 is 20.0 Å². The van der Waals surface area contributed by atoms with Crippen molar-refractivity contribution in [1.82, 2.24) is 5.32 Å². The molecule has 0 heterocycles. The van der Waals surface area contributed by atoms with Crippen molar-refractivity contribution in [1.29, 1.82) is 0 Å². The van der Waals surface area contributed by atoms with E-state index in [0.29, 0.717) is 23.9 Å². The number of phosphoric acid groups is 1. The number of likely N-dealkylation sites (N-methyl/N-ethyl adjacent to an activating group) is 1. The van der Waals surface area contributed by atoms with Crippen LogP contribution in [0.5, 0.6) is 0 Å². The van der Waals surface area contributed by atoms with Crippen molar-refractivity contribution < 1.29 is 32.9 Å². The van der Waals surface area contributed by atoms with Gasteiger partial charge < -0.3 is 28.8 Å². The Balaban J connectivity index is 4.18. The van der Waals surface area contributed by atoms with Crippen molar-refractivity contribution in [2.24, 2.45) is 0 Å². The van der Waals surface area contributed by atoms with Gasteiger partial charge in [0.05, 0.1) is 39.9 Å². The van der Waals surface area contributed by atoms with E-state index in [1.54, 1.807) is 0 Å². The number of aliphatic hydroxyl groups excluding tert-OH is 1. The molecule has 1 amide bonds. The summed E-state index contributed by atoms with van der Waals surface area (Å²) in [5.41, 5.74) is 0. The zero-order valence-electron chi connectivity index (χ0n) is 34.2. The largest absolute Gasteiger partial charge is 0.756 e. The summed E-state index contributed by atoms with van der Waals surface area (Å²) < 4.78 is 23.1. The lowest BCUT2D eigenvalue weighted by atomic mass is 10.0. The number of nitrogens with one attached hydrogen (secondary N) is 1. The molecule has 3 unspecified atom stereocenters. The molecule has 0 saturated carbocycles. The number of hydrogen-bond acceptors (Lipinski definition) is 6. The van der Waals surface area contributed by atoms with E-state index >= 15 is 0 Å². The number of hydrogen-bond donors (Lipinski definition) is 2. The van der Waals surface area contributed by atoms with Crippen LogP contribution in [0.4, 0.5) is 0 Å². The molecule has 52 heavy (non-hydrogen) atoms. The average Bonchev–Trinajstić information content (AvgIpc) is 3.09. The highest BCUT2D eigenvalue weighted by Crippen LogP contribution is 2.38. The lowest BCUT2D eigenvalue weighted by molar-refractivity contribution is -0.870. The third kappa shape index (κ3) is 36.8. The Morgan fingerprint density at radius 2 is 1.17 bits per heavy atom.